The zero-order valence-electron chi connectivity index (χ0n) is 17.7. The smallest absolute Gasteiger partial charge is 0.0700 e. The van der Waals surface area contributed by atoms with Gasteiger partial charge in [-0.2, -0.15) is 0 Å². The van der Waals surface area contributed by atoms with Crippen molar-refractivity contribution in [2.45, 2.75) is 128 Å². The van der Waals surface area contributed by atoms with Gasteiger partial charge >= 0.3 is 0 Å². The van der Waals surface area contributed by atoms with Gasteiger partial charge in [0.05, 0.1) is 24.4 Å². The summed E-state index contributed by atoms with van der Waals surface area (Å²) < 4.78 is 6.37. The highest BCUT2D eigenvalue weighted by molar-refractivity contribution is 6.18. The molecule has 0 aliphatic heterocycles. The SMILES string of the molecule is CCCCCCCC(CC(O)CCl)OC(CCCCCCC)CC(O)CCl. The molecule has 0 aliphatic rings. The summed E-state index contributed by atoms with van der Waals surface area (Å²) in [7, 11) is 0. The Morgan fingerprint density at radius 2 is 1.00 bits per heavy atom. The predicted molar refractivity (Wildman–Crippen MR) is 118 cm³/mol. The molecule has 0 saturated carbocycles. The van der Waals surface area contributed by atoms with Crippen LogP contribution in [0.2, 0.25) is 0 Å². The Morgan fingerprint density at radius 1 is 0.630 bits per heavy atom. The van der Waals surface area contributed by atoms with Crippen LogP contribution in [0.25, 0.3) is 0 Å². The molecule has 0 rings (SSSR count). The quantitative estimate of drug-likeness (QED) is 0.174. The van der Waals surface area contributed by atoms with E-state index in [1.807, 2.05) is 0 Å². The number of halogens is 2. The minimum absolute atomic E-state index is 0.00328. The lowest BCUT2D eigenvalue weighted by Crippen LogP contribution is -2.30. The largest absolute Gasteiger partial charge is 0.392 e. The van der Waals surface area contributed by atoms with Crippen LogP contribution in [0.1, 0.15) is 104 Å². The molecule has 0 aromatic rings. The minimum atomic E-state index is -0.532. The Morgan fingerprint density at radius 3 is 1.33 bits per heavy atom. The van der Waals surface area contributed by atoms with E-state index in [-0.39, 0.29) is 24.0 Å². The first-order valence-electron chi connectivity index (χ1n) is 11.2. The van der Waals surface area contributed by atoms with Crippen molar-refractivity contribution < 1.29 is 14.9 Å². The average Bonchev–Trinajstić information content (AvgIpc) is 2.66. The second kappa shape index (κ2) is 19.8. The lowest BCUT2D eigenvalue weighted by atomic mass is 10.0. The summed E-state index contributed by atoms with van der Waals surface area (Å²) in [5.74, 6) is 0.476. The van der Waals surface area contributed by atoms with E-state index in [1.54, 1.807) is 0 Å². The summed E-state index contributed by atoms with van der Waals surface area (Å²) in [6, 6.07) is 0. The van der Waals surface area contributed by atoms with Crippen molar-refractivity contribution in [2.24, 2.45) is 0 Å². The van der Waals surface area contributed by atoms with Crippen LogP contribution in [0.3, 0.4) is 0 Å². The van der Waals surface area contributed by atoms with Gasteiger partial charge in [0.1, 0.15) is 0 Å². The Labute approximate surface area is 178 Å². The molecule has 0 radical (unpaired) electrons. The Bertz CT molecular complexity index is 277. The fourth-order valence-corrected chi connectivity index (χ4v) is 3.69. The van der Waals surface area contributed by atoms with Gasteiger partial charge < -0.3 is 14.9 Å². The minimum Gasteiger partial charge on any atom is -0.392 e. The van der Waals surface area contributed by atoms with Crippen LogP contribution >= 0.6 is 23.2 Å². The lowest BCUT2D eigenvalue weighted by molar-refractivity contribution is -0.0577. The van der Waals surface area contributed by atoms with Crippen LogP contribution in [0, 0.1) is 0 Å². The molecule has 0 amide bonds. The molecular weight excluding hydrogens is 383 g/mol. The fourth-order valence-electron chi connectivity index (χ4n) is 3.44. The van der Waals surface area contributed by atoms with Gasteiger partial charge in [-0.15, -0.1) is 23.2 Å². The molecule has 4 unspecified atom stereocenters. The first-order valence-corrected chi connectivity index (χ1v) is 12.3. The summed E-state index contributed by atoms with van der Waals surface area (Å²) in [6.45, 7) is 4.44. The molecule has 2 N–H and O–H groups in total. The molecule has 164 valence electrons. The average molecular weight is 427 g/mol. The normalized spacial score (nSPS) is 16.2. The number of hydrogen-bond acceptors (Lipinski definition) is 3. The summed E-state index contributed by atoms with van der Waals surface area (Å²) in [4.78, 5) is 0. The number of ether oxygens (including phenoxy) is 1. The number of aliphatic hydroxyl groups is 2. The van der Waals surface area contributed by atoms with E-state index in [2.05, 4.69) is 13.8 Å². The monoisotopic (exact) mass is 426 g/mol. The Hall–Kier alpha value is 0.460. The number of aliphatic hydroxyl groups excluding tert-OH is 2. The third kappa shape index (κ3) is 17.1. The molecular formula is C22H44Cl2O3. The zero-order valence-corrected chi connectivity index (χ0v) is 19.2. The lowest BCUT2D eigenvalue weighted by Gasteiger charge is -2.27. The van der Waals surface area contributed by atoms with Crippen LogP contribution in [-0.4, -0.2) is 46.4 Å². The standard InChI is InChI=1S/C22H44Cl2O3/c1-3-5-7-9-11-13-21(15-19(25)17-23)27-22(16-20(26)18-24)14-12-10-8-6-4-2/h19-22,25-26H,3-18H2,1-2H3. The van der Waals surface area contributed by atoms with E-state index >= 15 is 0 Å². The second-order valence-electron chi connectivity index (χ2n) is 7.87. The molecule has 3 nitrogen and oxygen atoms in total. The van der Waals surface area contributed by atoms with Crippen molar-refractivity contribution >= 4 is 23.2 Å². The van der Waals surface area contributed by atoms with Gasteiger partial charge in [0.2, 0.25) is 0 Å². The molecule has 0 fully saturated rings. The fraction of sp³-hybridized carbons (Fsp3) is 1.00. The van der Waals surface area contributed by atoms with Gasteiger partial charge in [0.15, 0.2) is 0 Å². The Balaban J connectivity index is 4.55. The zero-order chi connectivity index (χ0) is 20.3. The van der Waals surface area contributed by atoms with E-state index in [0.717, 1.165) is 25.7 Å². The second-order valence-corrected chi connectivity index (χ2v) is 8.49. The highest BCUT2D eigenvalue weighted by atomic mass is 35.5. The molecule has 0 spiro atoms. The van der Waals surface area contributed by atoms with Crippen LogP contribution in [0.4, 0.5) is 0 Å². The molecule has 0 heterocycles. The maximum atomic E-state index is 10.0. The molecule has 0 aromatic carbocycles. The molecule has 0 bridgehead atoms. The number of unbranched alkanes of at least 4 members (excludes halogenated alkanes) is 8. The topological polar surface area (TPSA) is 49.7 Å². The number of hydrogen-bond donors (Lipinski definition) is 2. The van der Waals surface area contributed by atoms with Crippen molar-refractivity contribution in [3.63, 3.8) is 0 Å². The Kier molecular flexibility index (Phi) is 20.1. The van der Waals surface area contributed by atoms with Gasteiger partial charge in [-0.05, 0) is 12.8 Å². The van der Waals surface area contributed by atoms with Gasteiger partial charge in [0, 0.05) is 24.6 Å². The van der Waals surface area contributed by atoms with E-state index in [1.165, 1.54) is 51.4 Å². The van der Waals surface area contributed by atoms with Crippen LogP contribution < -0.4 is 0 Å². The van der Waals surface area contributed by atoms with E-state index in [4.69, 9.17) is 27.9 Å². The van der Waals surface area contributed by atoms with Crippen molar-refractivity contribution in [1.29, 1.82) is 0 Å². The molecule has 4 atom stereocenters. The molecule has 0 saturated heterocycles. The van der Waals surface area contributed by atoms with E-state index in [0.29, 0.717) is 12.8 Å². The highest BCUT2D eigenvalue weighted by Crippen LogP contribution is 2.21. The van der Waals surface area contributed by atoms with Crippen molar-refractivity contribution in [3.8, 4) is 0 Å². The van der Waals surface area contributed by atoms with Gasteiger partial charge in [-0.25, -0.2) is 0 Å². The van der Waals surface area contributed by atoms with Crippen molar-refractivity contribution in [1.82, 2.24) is 0 Å². The number of alkyl halides is 2. The van der Waals surface area contributed by atoms with Crippen molar-refractivity contribution in [3.05, 3.63) is 0 Å². The molecule has 5 heteroatoms. The van der Waals surface area contributed by atoms with Crippen LogP contribution in [0.5, 0.6) is 0 Å². The van der Waals surface area contributed by atoms with E-state index in [9.17, 15) is 10.2 Å². The summed E-state index contributed by atoms with van der Waals surface area (Å²) in [6.07, 6.45) is 14.1. The molecule has 0 aromatic heterocycles. The van der Waals surface area contributed by atoms with Crippen molar-refractivity contribution in [2.75, 3.05) is 11.8 Å². The van der Waals surface area contributed by atoms with Crippen LogP contribution in [-0.2, 0) is 4.74 Å². The maximum absolute atomic E-state index is 10.0. The van der Waals surface area contributed by atoms with Gasteiger partial charge in [0.25, 0.3) is 0 Å². The first kappa shape index (κ1) is 27.5. The van der Waals surface area contributed by atoms with E-state index < -0.39 is 12.2 Å². The summed E-state index contributed by atoms with van der Waals surface area (Å²) in [5, 5.41) is 20.0. The summed E-state index contributed by atoms with van der Waals surface area (Å²) >= 11 is 11.6. The predicted octanol–water partition coefficient (Wildman–Crippen LogP) is 6.44. The van der Waals surface area contributed by atoms with Gasteiger partial charge in [-0.3, -0.25) is 0 Å². The molecule has 0 aliphatic carbocycles. The number of rotatable bonds is 20. The van der Waals surface area contributed by atoms with Gasteiger partial charge in [-0.1, -0.05) is 78.1 Å². The summed E-state index contributed by atoms with van der Waals surface area (Å²) in [5.41, 5.74) is 0. The van der Waals surface area contributed by atoms with Crippen LogP contribution in [0.15, 0.2) is 0 Å². The molecule has 27 heavy (non-hydrogen) atoms. The highest BCUT2D eigenvalue weighted by Gasteiger charge is 2.21. The first-order chi connectivity index (χ1) is 13.1. The third-order valence-corrected chi connectivity index (χ3v) is 5.78. The maximum Gasteiger partial charge on any atom is 0.0700 e. The third-order valence-electron chi connectivity index (χ3n) is 5.07.